The Morgan fingerprint density at radius 2 is 2.50 bits per heavy atom. The average Bonchev–Trinajstić information content (AvgIpc) is 2.47. The minimum atomic E-state index is -0.461. The van der Waals surface area contributed by atoms with Crippen LogP contribution in [0.15, 0.2) is 6.20 Å². The van der Waals surface area contributed by atoms with Crippen LogP contribution in [-0.2, 0) is 7.05 Å². The van der Waals surface area contributed by atoms with E-state index in [0.29, 0.717) is 18.9 Å². The van der Waals surface area contributed by atoms with E-state index in [4.69, 9.17) is 5.73 Å². The molecular formula is C7H13N5O2. The first-order valence-corrected chi connectivity index (χ1v) is 4.27. The van der Waals surface area contributed by atoms with E-state index in [1.54, 1.807) is 7.05 Å². The third-order valence-electron chi connectivity index (χ3n) is 1.68. The first-order valence-electron chi connectivity index (χ1n) is 4.27. The molecular weight excluding hydrogens is 186 g/mol. The minimum absolute atomic E-state index is 0.00970. The van der Waals surface area contributed by atoms with Crippen LogP contribution in [0.25, 0.3) is 0 Å². The number of hydrogen-bond acceptors (Lipinski definition) is 5. The summed E-state index contributed by atoms with van der Waals surface area (Å²) in [5.41, 5.74) is 5.29. The van der Waals surface area contributed by atoms with Gasteiger partial charge in [0.1, 0.15) is 6.20 Å². The Labute approximate surface area is 81.0 Å². The predicted octanol–water partition coefficient (Wildman–Crippen LogP) is 0.0890. The second kappa shape index (κ2) is 4.56. The molecule has 1 heterocycles. The summed E-state index contributed by atoms with van der Waals surface area (Å²) in [6, 6.07) is 0. The fraction of sp³-hybridized carbons (Fsp3) is 0.571. The number of nitrogens with one attached hydrogen (secondary N) is 1. The minimum Gasteiger partial charge on any atom is -0.363 e. The highest BCUT2D eigenvalue weighted by Gasteiger charge is 2.17. The van der Waals surface area contributed by atoms with Gasteiger partial charge in [-0.2, -0.15) is 0 Å². The molecule has 1 aromatic rings. The molecule has 0 aliphatic carbocycles. The molecule has 0 aromatic carbocycles. The molecule has 7 nitrogen and oxygen atoms in total. The molecule has 0 saturated heterocycles. The van der Waals surface area contributed by atoms with Gasteiger partial charge < -0.3 is 11.1 Å². The summed E-state index contributed by atoms with van der Waals surface area (Å²) in [5, 5.41) is 17.3. The van der Waals surface area contributed by atoms with Crippen LogP contribution in [0.3, 0.4) is 0 Å². The molecule has 0 aliphatic rings. The quantitative estimate of drug-likeness (QED) is 0.397. The van der Waals surface area contributed by atoms with Gasteiger partial charge in [-0.3, -0.25) is 14.8 Å². The van der Waals surface area contributed by atoms with E-state index in [1.165, 1.54) is 10.9 Å². The summed E-state index contributed by atoms with van der Waals surface area (Å²) in [6.45, 7) is 1.14. The van der Waals surface area contributed by atoms with Gasteiger partial charge in [-0.15, -0.1) is 5.10 Å². The van der Waals surface area contributed by atoms with Crippen molar-refractivity contribution in [2.45, 2.75) is 6.42 Å². The first kappa shape index (κ1) is 10.5. The SMILES string of the molecule is Cn1cc([N+](=O)[O-])c(NCCCN)n1. The van der Waals surface area contributed by atoms with Gasteiger partial charge in [0.25, 0.3) is 0 Å². The third-order valence-corrected chi connectivity index (χ3v) is 1.68. The Morgan fingerprint density at radius 1 is 1.79 bits per heavy atom. The summed E-state index contributed by atoms with van der Waals surface area (Å²) < 4.78 is 1.41. The Hall–Kier alpha value is -1.63. The van der Waals surface area contributed by atoms with Crippen molar-refractivity contribution in [2.24, 2.45) is 12.8 Å². The predicted molar refractivity (Wildman–Crippen MR) is 52.0 cm³/mol. The monoisotopic (exact) mass is 199 g/mol. The summed E-state index contributed by atoms with van der Waals surface area (Å²) in [7, 11) is 1.64. The maximum Gasteiger partial charge on any atom is 0.330 e. The molecule has 0 saturated carbocycles. The molecule has 0 unspecified atom stereocenters. The lowest BCUT2D eigenvalue weighted by atomic mass is 10.4. The van der Waals surface area contributed by atoms with Crippen LogP contribution in [0.2, 0.25) is 0 Å². The molecule has 1 aromatic heterocycles. The van der Waals surface area contributed by atoms with Gasteiger partial charge in [0.15, 0.2) is 0 Å². The lowest BCUT2D eigenvalue weighted by molar-refractivity contribution is -0.384. The fourth-order valence-corrected chi connectivity index (χ4v) is 1.04. The van der Waals surface area contributed by atoms with Crippen molar-refractivity contribution in [1.29, 1.82) is 0 Å². The van der Waals surface area contributed by atoms with Gasteiger partial charge in [-0.05, 0) is 13.0 Å². The van der Waals surface area contributed by atoms with E-state index in [0.717, 1.165) is 6.42 Å². The number of nitrogens with zero attached hydrogens (tertiary/aromatic N) is 3. The number of aryl methyl sites for hydroxylation is 1. The Bertz CT molecular complexity index is 322. The highest BCUT2D eigenvalue weighted by atomic mass is 16.6. The van der Waals surface area contributed by atoms with Crippen LogP contribution in [0.1, 0.15) is 6.42 Å². The lowest BCUT2D eigenvalue weighted by Gasteiger charge is -1.99. The Kier molecular flexibility index (Phi) is 3.41. The number of rotatable bonds is 5. The maximum atomic E-state index is 10.6. The standard InChI is InChI=1S/C7H13N5O2/c1-11-5-6(12(13)14)7(10-11)9-4-2-3-8/h5H,2-4,8H2,1H3,(H,9,10). The number of nitro groups is 1. The summed E-state index contributed by atoms with van der Waals surface area (Å²) in [6.07, 6.45) is 2.12. The molecule has 14 heavy (non-hydrogen) atoms. The van der Waals surface area contributed by atoms with Gasteiger partial charge in [0.2, 0.25) is 5.82 Å². The summed E-state index contributed by atoms with van der Waals surface area (Å²) in [4.78, 5) is 10.1. The van der Waals surface area contributed by atoms with E-state index < -0.39 is 4.92 Å². The van der Waals surface area contributed by atoms with Crippen molar-refractivity contribution in [1.82, 2.24) is 9.78 Å². The van der Waals surface area contributed by atoms with Crippen molar-refractivity contribution in [3.63, 3.8) is 0 Å². The van der Waals surface area contributed by atoms with Crippen LogP contribution in [-0.4, -0.2) is 27.8 Å². The number of aromatic nitrogens is 2. The number of hydrogen-bond donors (Lipinski definition) is 2. The van der Waals surface area contributed by atoms with Crippen LogP contribution in [0.5, 0.6) is 0 Å². The highest BCUT2D eigenvalue weighted by Crippen LogP contribution is 2.20. The molecule has 3 N–H and O–H groups in total. The van der Waals surface area contributed by atoms with Gasteiger partial charge in [-0.25, -0.2) is 0 Å². The Balaban J connectivity index is 2.69. The van der Waals surface area contributed by atoms with E-state index in [-0.39, 0.29) is 5.69 Å². The van der Waals surface area contributed by atoms with Crippen molar-refractivity contribution < 1.29 is 4.92 Å². The Morgan fingerprint density at radius 3 is 3.07 bits per heavy atom. The van der Waals surface area contributed by atoms with E-state index in [2.05, 4.69) is 10.4 Å². The van der Waals surface area contributed by atoms with Gasteiger partial charge in [-0.1, -0.05) is 0 Å². The highest BCUT2D eigenvalue weighted by molar-refractivity contribution is 5.54. The van der Waals surface area contributed by atoms with Crippen LogP contribution in [0.4, 0.5) is 11.5 Å². The molecule has 0 radical (unpaired) electrons. The van der Waals surface area contributed by atoms with E-state index in [1.807, 2.05) is 0 Å². The summed E-state index contributed by atoms with van der Waals surface area (Å²) in [5.74, 6) is 0.297. The molecule has 0 amide bonds. The lowest BCUT2D eigenvalue weighted by Crippen LogP contribution is -2.09. The van der Waals surface area contributed by atoms with Crippen LogP contribution >= 0.6 is 0 Å². The molecule has 1 rings (SSSR count). The van der Waals surface area contributed by atoms with Crippen molar-refractivity contribution in [2.75, 3.05) is 18.4 Å². The molecule has 0 fully saturated rings. The van der Waals surface area contributed by atoms with Gasteiger partial charge in [0.05, 0.1) is 4.92 Å². The summed E-state index contributed by atoms with van der Waals surface area (Å²) >= 11 is 0. The normalized spacial score (nSPS) is 10.1. The molecule has 7 heteroatoms. The van der Waals surface area contributed by atoms with E-state index in [9.17, 15) is 10.1 Å². The van der Waals surface area contributed by atoms with Crippen molar-refractivity contribution in [3.8, 4) is 0 Å². The molecule has 0 bridgehead atoms. The zero-order valence-electron chi connectivity index (χ0n) is 7.93. The molecule has 0 aliphatic heterocycles. The number of nitrogens with two attached hydrogens (primary N) is 1. The first-order chi connectivity index (χ1) is 6.65. The third kappa shape index (κ3) is 2.43. The maximum absolute atomic E-state index is 10.6. The molecule has 0 atom stereocenters. The van der Waals surface area contributed by atoms with Crippen molar-refractivity contribution in [3.05, 3.63) is 16.3 Å². The topological polar surface area (TPSA) is 99.0 Å². The van der Waals surface area contributed by atoms with Gasteiger partial charge >= 0.3 is 5.69 Å². The number of anilines is 1. The second-order valence-electron chi connectivity index (χ2n) is 2.86. The second-order valence-corrected chi connectivity index (χ2v) is 2.86. The molecule has 0 spiro atoms. The van der Waals surface area contributed by atoms with Crippen LogP contribution in [0, 0.1) is 10.1 Å². The zero-order chi connectivity index (χ0) is 10.6. The van der Waals surface area contributed by atoms with E-state index >= 15 is 0 Å². The van der Waals surface area contributed by atoms with Gasteiger partial charge in [0, 0.05) is 13.6 Å². The average molecular weight is 199 g/mol. The molecule has 78 valence electrons. The van der Waals surface area contributed by atoms with Crippen LogP contribution < -0.4 is 11.1 Å². The fourth-order valence-electron chi connectivity index (χ4n) is 1.04. The van der Waals surface area contributed by atoms with Crippen molar-refractivity contribution >= 4 is 11.5 Å². The smallest absolute Gasteiger partial charge is 0.330 e. The zero-order valence-corrected chi connectivity index (χ0v) is 7.93. The largest absolute Gasteiger partial charge is 0.363 e.